The van der Waals surface area contributed by atoms with Gasteiger partial charge in [-0.2, -0.15) is 0 Å². The lowest BCUT2D eigenvalue weighted by atomic mass is 10.2. The molecule has 1 heterocycles. The minimum absolute atomic E-state index is 0. The van der Waals surface area contributed by atoms with E-state index in [2.05, 4.69) is 63.0 Å². The fraction of sp³-hybridized carbons (Fsp3) is 0.409. The summed E-state index contributed by atoms with van der Waals surface area (Å²) in [6, 6.07) is 19.2. The van der Waals surface area contributed by atoms with Gasteiger partial charge in [-0.15, -0.1) is 24.0 Å². The normalized spacial score (nSPS) is 16.6. The van der Waals surface area contributed by atoms with E-state index in [4.69, 9.17) is 4.74 Å². The van der Waals surface area contributed by atoms with Crippen molar-refractivity contribution in [1.82, 2.24) is 10.6 Å². The molecule has 1 unspecified atom stereocenters. The molecule has 0 radical (unpaired) electrons. The van der Waals surface area contributed by atoms with E-state index in [1.54, 1.807) is 0 Å². The van der Waals surface area contributed by atoms with E-state index in [-0.39, 0.29) is 30.1 Å². The van der Waals surface area contributed by atoms with Crippen LogP contribution in [0.3, 0.4) is 0 Å². The highest BCUT2D eigenvalue weighted by atomic mass is 127. The van der Waals surface area contributed by atoms with Crippen molar-refractivity contribution in [3.05, 3.63) is 60.2 Å². The molecule has 0 saturated carbocycles. The molecule has 1 aliphatic rings. The van der Waals surface area contributed by atoms with Gasteiger partial charge < -0.3 is 20.3 Å². The molecule has 2 aromatic carbocycles. The molecule has 2 aromatic rings. The lowest BCUT2D eigenvalue weighted by Gasteiger charge is -2.20. The Balaban J connectivity index is 0.00000280. The number of guanidine groups is 1. The zero-order chi connectivity index (χ0) is 19.1. The molecule has 1 fully saturated rings. The molecule has 6 heteroatoms. The lowest BCUT2D eigenvalue weighted by Crippen LogP contribution is -2.44. The second kappa shape index (κ2) is 11.1. The van der Waals surface area contributed by atoms with Crippen LogP contribution in [0.5, 0.6) is 5.75 Å². The Labute approximate surface area is 185 Å². The van der Waals surface area contributed by atoms with Crippen molar-refractivity contribution in [3.8, 4) is 5.75 Å². The predicted molar refractivity (Wildman–Crippen MR) is 128 cm³/mol. The summed E-state index contributed by atoms with van der Waals surface area (Å²) in [6.45, 7) is 6.86. The Morgan fingerprint density at radius 1 is 1.14 bits per heavy atom. The third-order valence-electron chi connectivity index (χ3n) is 4.63. The molecular weight excluding hydrogens is 463 g/mol. The van der Waals surface area contributed by atoms with Crippen LogP contribution < -0.4 is 20.3 Å². The van der Waals surface area contributed by atoms with Gasteiger partial charge in [0.15, 0.2) is 5.96 Å². The molecule has 0 spiro atoms. The number of ether oxygens (including phenoxy) is 1. The quantitative estimate of drug-likeness (QED) is 0.362. The Hall–Kier alpha value is -1.96. The fourth-order valence-corrected chi connectivity index (χ4v) is 3.28. The van der Waals surface area contributed by atoms with Gasteiger partial charge in [0.2, 0.25) is 0 Å². The van der Waals surface area contributed by atoms with Gasteiger partial charge in [-0.05, 0) is 50.1 Å². The molecule has 1 atom stereocenters. The summed E-state index contributed by atoms with van der Waals surface area (Å²) in [7, 11) is 1.82. The third kappa shape index (κ3) is 6.58. The van der Waals surface area contributed by atoms with E-state index >= 15 is 0 Å². The number of para-hydroxylation sites is 1. The molecule has 152 valence electrons. The Kier molecular flexibility index (Phi) is 8.89. The maximum Gasteiger partial charge on any atom is 0.191 e. The second-order valence-electron chi connectivity index (χ2n) is 7.15. The van der Waals surface area contributed by atoms with Crippen molar-refractivity contribution >= 4 is 35.6 Å². The van der Waals surface area contributed by atoms with Gasteiger partial charge in [0.25, 0.3) is 0 Å². The molecule has 1 aliphatic heterocycles. The van der Waals surface area contributed by atoms with Gasteiger partial charge >= 0.3 is 0 Å². The van der Waals surface area contributed by atoms with Crippen LogP contribution in [0.2, 0.25) is 0 Å². The Morgan fingerprint density at radius 2 is 1.86 bits per heavy atom. The van der Waals surface area contributed by atoms with Gasteiger partial charge in [0, 0.05) is 38.4 Å². The van der Waals surface area contributed by atoms with Gasteiger partial charge in [0.1, 0.15) is 5.75 Å². The van der Waals surface area contributed by atoms with Crippen molar-refractivity contribution < 1.29 is 4.74 Å². The number of halogens is 1. The van der Waals surface area contributed by atoms with Crippen molar-refractivity contribution in [1.29, 1.82) is 0 Å². The number of benzene rings is 2. The van der Waals surface area contributed by atoms with Crippen LogP contribution in [-0.2, 0) is 6.54 Å². The van der Waals surface area contributed by atoms with Crippen molar-refractivity contribution in [2.45, 2.75) is 39.0 Å². The number of aliphatic imine (C=N–C) groups is 1. The van der Waals surface area contributed by atoms with Crippen LogP contribution in [0.15, 0.2) is 59.6 Å². The highest BCUT2D eigenvalue weighted by Crippen LogP contribution is 2.19. The first-order valence-corrected chi connectivity index (χ1v) is 9.67. The minimum atomic E-state index is 0. The summed E-state index contributed by atoms with van der Waals surface area (Å²) in [4.78, 5) is 6.79. The second-order valence-corrected chi connectivity index (χ2v) is 7.15. The average Bonchev–Trinajstić information content (AvgIpc) is 3.15. The van der Waals surface area contributed by atoms with E-state index in [1.807, 2.05) is 33.0 Å². The summed E-state index contributed by atoms with van der Waals surface area (Å²) < 4.78 is 5.69. The molecule has 5 nitrogen and oxygen atoms in total. The summed E-state index contributed by atoms with van der Waals surface area (Å²) in [6.07, 6.45) is 1.30. The highest BCUT2D eigenvalue weighted by molar-refractivity contribution is 14.0. The minimum Gasteiger partial charge on any atom is -0.491 e. The number of nitrogens with zero attached hydrogens (tertiary/aromatic N) is 2. The number of anilines is 1. The summed E-state index contributed by atoms with van der Waals surface area (Å²) in [5, 5.41) is 6.95. The van der Waals surface area contributed by atoms with Crippen molar-refractivity contribution in [2.75, 3.05) is 25.0 Å². The summed E-state index contributed by atoms with van der Waals surface area (Å²) in [5.74, 6) is 1.75. The number of rotatable bonds is 6. The first kappa shape index (κ1) is 22.3. The number of nitrogens with one attached hydrogen (secondary N) is 2. The molecule has 0 aromatic heterocycles. The topological polar surface area (TPSA) is 48.9 Å². The molecule has 28 heavy (non-hydrogen) atoms. The lowest BCUT2D eigenvalue weighted by molar-refractivity contribution is 0.242. The first-order chi connectivity index (χ1) is 13.1. The van der Waals surface area contributed by atoms with Crippen LogP contribution in [0, 0.1) is 0 Å². The van der Waals surface area contributed by atoms with Gasteiger partial charge in [-0.1, -0.05) is 30.3 Å². The van der Waals surface area contributed by atoms with E-state index in [1.165, 1.54) is 11.3 Å². The van der Waals surface area contributed by atoms with Crippen LogP contribution in [0.1, 0.15) is 25.8 Å². The Bertz CT molecular complexity index is 734. The maximum atomic E-state index is 5.69. The molecule has 0 bridgehead atoms. The first-order valence-electron chi connectivity index (χ1n) is 9.67. The smallest absolute Gasteiger partial charge is 0.191 e. The fourth-order valence-electron chi connectivity index (χ4n) is 3.28. The molecule has 1 saturated heterocycles. The van der Waals surface area contributed by atoms with E-state index < -0.39 is 0 Å². The zero-order valence-corrected chi connectivity index (χ0v) is 19.2. The molecule has 0 aliphatic carbocycles. The van der Waals surface area contributed by atoms with Crippen molar-refractivity contribution in [3.63, 3.8) is 0 Å². The largest absolute Gasteiger partial charge is 0.491 e. The number of hydrogen-bond donors (Lipinski definition) is 2. The summed E-state index contributed by atoms with van der Waals surface area (Å²) in [5.41, 5.74) is 2.49. The van der Waals surface area contributed by atoms with Gasteiger partial charge in [-0.25, -0.2) is 0 Å². The molecular formula is C22H31IN4O. The van der Waals surface area contributed by atoms with Gasteiger partial charge in [-0.3, -0.25) is 4.99 Å². The van der Waals surface area contributed by atoms with Crippen molar-refractivity contribution in [2.24, 2.45) is 4.99 Å². The van der Waals surface area contributed by atoms with Crippen LogP contribution >= 0.6 is 24.0 Å². The number of hydrogen-bond acceptors (Lipinski definition) is 3. The predicted octanol–water partition coefficient (Wildman–Crippen LogP) is 4.04. The van der Waals surface area contributed by atoms with Crippen LogP contribution in [0.4, 0.5) is 5.69 Å². The zero-order valence-electron chi connectivity index (χ0n) is 16.9. The highest BCUT2D eigenvalue weighted by Gasteiger charge is 2.23. The molecule has 2 N–H and O–H groups in total. The standard InChI is InChI=1S/C22H30N4O.HI/c1-17(2)27-21-11-9-18(10-12-21)15-24-22(23-3)25-19-13-14-26(16-19)20-7-5-4-6-8-20;/h4-12,17,19H,13-16H2,1-3H3,(H2,23,24,25);1H. The molecule has 3 rings (SSSR count). The Morgan fingerprint density at radius 3 is 2.50 bits per heavy atom. The van der Waals surface area contributed by atoms with Crippen LogP contribution in [-0.4, -0.2) is 38.2 Å². The summed E-state index contributed by atoms with van der Waals surface area (Å²) >= 11 is 0. The van der Waals surface area contributed by atoms with Gasteiger partial charge in [0.05, 0.1) is 6.10 Å². The monoisotopic (exact) mass is 494 g/mol. The van der Waals surface area contributed by atoms with E-state index in [9.17, 15) is 0 Å². The molecule has 0 amide bonds. The van der Waals surface area contributed by atoms with E-state index in [0.717, 1.165) is 37.8 Å². The van der Waals surface area contributed by atoms with Crippen LogP contribution in [0.25, 0.3) is 0 Å². The average molecular weight is 494 g/mol. The SMILES string of the molecule is CN=C(NCc1ccc(OC(C)C)cc1)NC1CCN(c2ccccc2)C1.I. The third-order valence-corrected chi connectivity index (χ3v) is 4.63. The van der Waals surface area contributed by atoms with E-state index in [0.29, 0.717) is 6.04 Å². The maximum absolute atomic E-state index is 5.69.